The average molecular weight is 360 g/mol. The minimum Gasteiger partial charge on any atom is -0.346 e. The molecule has 0 bridgehead atoms. The summed E-state index contributed by atoms with van der Waals surface area (Å²) in [4.78, 5) is 49.5. The van der Waals surface area contributed by atoms with E-state index < -0.39 is 41.4 Å². The standard InChI is InChI=1S/C19H24N2O5/c1-12(2)9-15(20-13(3)22)17(24)19(10-14-7-5-4-6-8-14)11-16(23)21(26)18(19)25/h4-8,12,15,26H,9-11H2,1-3H3,(H,20,22)/t15-,19+/m0/s1. The zero-order valence-electron chi connectivity index (χ0n) is 15.2. The van der Waals surface area contributed by atoms with Gasteiger partial charge in [-0.1, -0.05) is 44.2 Å². The Kier molecular flexibility index (Phi) is 5.92. The van der Waals surface area contributed by atoms with Crippen LogP contribution in [0.5, 0.6) is 0 Å². The molecule has 26 heavy (non-hydrogen) atoms. The van der Waals surface area contributed by atoms with Crippen molar-refractivity contribution < 1.29 is 24.4 Å². The van der Waals surface area contributed by atoms with Gasteiger partial charge in [-0.15, -0.1) is 0 Å². The monoisotopic (exact) mass is 360 g/mol. The highest BCUT2D eigenvalue weighted by Crippen LogP contribution is 2.38. The number of nitrogens with zero attached hydrogens (tertiary/aromatic N) is 1. The predicted molar refractivity (Wildman–Crippen MR) is 92.9 cm³/mol. The van der Waals surface area contributed by atoms with Crippen molar-refractivity contribution in [2.24, 2.45) is 11.3 Å². The lowest BCUT2D eigenvalue weighted by atomic mass is 9.72. The first-order valence-electron chi connectivity index (χ1n) is 8.59. The van der Waals surface area contributed by atoms with Gasteiger partial charge in [0.25, 0.3) is 11.8 Å². The molecule has 0 unspecified atom stereocenters. The Labute approximate surface area is 152 Å². The summed E-state index contributed by atoms with van der Waals surface area (Å²) < 4.78 is 0. The molecule has 1 heterocycles. The lowest BCUT2D eigenvalue weighted by Gasteiger charge is -2.30. The van der Waals surface area contributed by atoms with Gasteiger partial charge in [-0.05, 0) is 24.3 Å². The highest BCUT2D eigenvalue weighted by atomic mass is 16.5. The van der Waals surface area contributed by atoms with E-state index in [1.165, 1.54) is 6.92 Å². The number of carbonyl (C=O) groups is 4. The van der Waals surface area contributed by atoms with Crippen molar-refractivity contribution in [1.29, 1.82) is 0 Å². The van der Waals surface area contributed by atoms with Crippen molar-refractivity contribution in [1.82, 2.24) is 10.4 Å². The van der Waals surface area contributed by atoms with Gasteiger partial charge < -0.3 is 5.32 Å². The van der Waals surface area contributed by atoms with E-state index in [1.807, 2.05) is 13.8 Å². The molecular weight excluding hydrogens is 336 g/mol. The lowest BCUT2D eigenvalue weighted by Crippen LogP contribution is -2.52. The van der Waals surface area contributed by atoms with Gasteiger partial charge in [0.05, 0.1) is 12.5 Å². The Morgan fingerprint density at radius 2 is 1.85 bits per heavy atom. The third kappa shape index (κ3) is 3.99. The SMILES string of the molecule is CC(=O)N[C@@H](CC(C)C)C(=O)[C@@]1(Cc2ccccc2)CC(=O)N(O)C1=O. The largest absolute Gasteiger partial charge is 0.346 e. The minimum absolute atomic E-state index is 0.0114. The molecule has 140 valence electrons. The second kappa shape index (κ2) is 7.78. The van der Waals surface area contributed by atoms with Gasteiger partial charge in [-0.3, -0.25) is 24.4 Å². The summed E-state index contributed by atoms with van der Waals surface area (Å²) in [5.41, 5.74) is -1.02. The molecule has 2 rings (SSSR count). The average Bonchev–Trinajstić information content (AvgIpc) is 2.78. The second-order valence-electron chi connectivity index (χ2n) is 7.18. The summed E-state index contributed by atoms with van der Waals surface area (Å²) in [6.07, 6.45) is -0.0887. The molecule has 1 saturated heterocycles. The highest BCUT2D eigenvalue weighted by molar-refractivity contribution is 6.18. The van der Waals surface area contributed by atoms with Crippen molar-refractivity contribution in [3.05, 3.63) is 35.9 Å². The number of imide groups is 1. The number of hydrogen-bond donors (Lipinski definition) is 2. The van der Waals surface area contributed by atoms with E-state index in [1.54, 1.807) is 30.3 Å². The summed E-state index contributed by atoms with van der Waals surface area (Å²) in [6.45, 7) is 5.09. The van der Waals surface area contributed by atoms with Crippen LogP contribution in [0.3, 0.4) is 0 Å². The van der Waals surface area contributed by atoms with Gasteiger partial charge in [0, 0.05) is 6.92 Å². The Hall–Kier alpha value is -2.54. The van der Waals surface area contributed by atoms with Gasteiger partial charge in [0.1, 0.15) is 5.41 Å². The van der Waals surface area contributed by atoms with Gasteiger partial charge >= 0.3 is 0 Å². The van der Waals surface area contributed by atoms with Crippen molar-refractivity contribution in [3.63, 3.8) is 0 Å². The smallest absolute Gasteiger partial charge is 0.267 e. The Balaban J connectivity index is 2.45. The first kappa shape index (κ1) is 19.8. The Morgan fingerprint density at radius 3 is 2.31 bits per heavy atom. The van der Waals surface area contributed by atoms with E-state index in [0.717, 1.165) is 0 Å². The number of benzene rings is 1. The summed E-state index contributed by atoms with van der Waals surface area (Å²) in [5.74, 6) is -2.60. The van der Waals surface area contributed by atoms with E-state index in [2.05, 4.69) is 5.32 Å². The molecule has 1 aliphatic heterocycles. The molecular formula is C19H24N2O5. The molecule has 0 saturated carbocycles. The van der Waals surface area contributed by atoms with Crippen LogP contribution < -0.4 is 5.32 Å². The molecule has 7 nitrogen and oxygen atoms in total. The molecule has 1 aromatic rings. The molecule has 1 fully saturated rings. The number of hydrogen-bond acceptors (Lipinski definition) is 5. The highest BCUT2D eigenvalue weighted by Gasteiger charge is 2.58. The fraction of sp³-hybridized carbons (Fsp3) is 0.474. The maximum atomic E-state index is 13.3. The van der Waals surface area contributed by atoms with Crippen LogP contribution in [-0.4, -0.2) is 39.8 Å². The third-order valence-corrected chi connectivity index (χ3v) is 4.51. The van der Waals surface area contributed by atoms with Crippen LogP contribution in [0, 0.1) is 11.3 Å². The van der Waals surface area contributed by atoms with Crippen molar-refractivity contribution in [2.75, 3.05) is 0 Å². The van der Waals surface area contributed by atoms with E-state index >= 15 is 0 Å². The van der Waals surface area contributed by atoms with Crippen molar-refractivity contribution >= 4 is 23.5 Å². The summed E-state index contributed by atoms with van der Waals surface area (Å²) in [5, 5.41) is 12.4. The first-order valence-corrected chi connectivity index (χ1v) is 8.59. The molecule has 7 heteroatoms. The minimum atomic E-state index is -1.71. The van der Waals surface area contributed by atoms with E-state index in [-0.39, 0.29) is 17.4 Å². The molecule has 3 amide bonds. The first-order chi connectivity index (χ1) is 12.2. The predicted octanol–water partition coefficient (Wildman–Crippen LogP) is 1.48. The number of amides is 3. The number of nitrogens with one attached hydrogen (secondary N) is 1. The van der Waals surface area contributed by atoms with Crippen LogP contribution in [0.1, 0.15) is 39.2 Å². The summed E-state index contributed by atoms with van der Waals surface area (Å²) in [7, 11) is 0. The second-order valence-corrected chi connectivity index (χ2v) is 7.18. The molecule has 0 aliphatic carbocycles. The quantitative estimate of drug-likeness (QED) is 0.435. The van der Waals surface area contributed by atoms with Crippen LogP contribution in [0.25, 0.3) is 0 Å². The molecule has 0 aromatic heterocycles. The number of carbonyl (C=O) groups excluding carboxylic acids is 4. The van der Waals surface area contributed by atoms with Crippen LogP contribution in [0.4, 0.5) is 0 Å². The van der Waals surface area contributed by atoms with Crippen LogP contribution in [0.15, 0.2) is 30.3 Å². The number of rotatable bonds is 7. The van der Waals surface area contributed by atoms with Gasteiger partial charge in [0.15, 0.2) is 5.78 Å². The van der Waals surface area contributed by atoms with Gasteiger partial charge in [0.2, 0.25) is 5.91 Å². The van der Waals surface area contributed by atoms with Crippen molar-refractivity contribution in [3.8, 4) is 0 Å². The molecule has 0 spiro atoms. The Morgan fingerprint density at radius 1 is 1.23 bits per heavy atom. The maximum Gasteiger partial charge on any atom is 0.267 e. The molecule has 2 atom stereocenters. The normalized spacial score (nSPS) is 21.2. The van der Waals surface area contributed by atoms with E-state index in [9.17, 15) is 24.4 Å². The lowest BCUT2D eigenvalue weighted by molar-refractivity contribution is -0.175. The molecule has 1 aliphatic rings. The summed E-state index contributed by atoms with van der Waals surface area (Å²) in [6, 6.07) is 7.94. The zero-order valence-corrected chi connectivity index (χ0v) is 15.2. The summed E-state index contributed by atoms with van der Waals surface area (Å²) >= 11 is 0. The van der Waals surface area contributed by atoms with Crippen LogP contribution in [0.2, 0.25) is 0 Å². The maximum absolute atomic E-state index is 13.3. The van der Waals surface area contributed by atoms with Crippen LogP contribution >= 0.6 is 0 Å². The fourth-order valence-corrected chi connectivity index (χ4v) is 3.37. The number of hydroxylamine groups is 2. The van der Waals surface area contributed by atoms with Crippen molar-refractivity contribution in [2.45, 2.75) is 46.1 Å². The molecule has 2 N–H and O–H groups in total. The van der Waals surface area contributed by atoms with E-state index in [4.69, 9.17) is 0 Å². The number of ketones is 1. The Bertz CT molecular complexity index is 716. The van der Waals surface area contributed by atoms with Gasteiger partial charge in [-0.2, -0.15) is 5.06 Å². The number of Topliss-reactive ketones (excluding diaryl/α,β-unsaturated/α-hetero) is 1. The van der Waals surface area contributed by atoms with E-state index in [0.29, 0.717) is 12.0 Å². The third-order valence-electron chi connectivity index (χ3n) is 4.51. The molecule has 1 aromatic carbocycles. The fourth-order valence-electron chi connectivity index (χ4n) is 3.37. The van der Waals surface area contributed by atoms with Crippen LogP contribution in [-0.2, 0) is 25.6 Å². The zero-order chi connectivity index (χ0) is 19.5. The molecule has 0 radical (unpaired) electrons. The van der Waals surface area contributed by atoms with Gasteiger partial charge in [-0.25, -0.2) is 0 Å². The topological polar surface area (TPSA) is 104 Å².